The van der Waals surface area contributed by atoms with Crippen LogP contribution < -0.4 is 20.7 Å². The van der Waals surface area contributed by atoms with Gasteiger partial charge in [0.05, 0.1) is 37.8 Å². The lowest BCUT2D eigenvalue weighted by molar-refractivity contribution is 0.0952. The summed E-state index contributed by atoms with van der Waals surface area (Å²) in [6.07, 6.45) is 1.72. The fraction of sp³-hybridized carbons (Fsp3) is 0.467. The van der Waals surface area contributed by atoms with Crippen LogP contribution >= 0.6 is 0 Å². The molecule has 0 aliphatic carbocycles. The van der Waals surface area contributed by atoms with E-state index in [2.05, 4.69) is 4.98 Å². The van der Waals surface area contributed by atoms with Gasteiger partial charge in [-0.2, -0.15) is 0 Å². The van der Waals surface area contributed by atoms with Crippen molar-refractivity contribution >= 4 is 10.9 Å². The van der Waals surface area contributed by atoms with E-state index in [4.69, 9.17) is 14.2 Å². The van der Waals surface area contributed by atoms with Crippen molar-refractivity contribution in [2.45, 2.75) is 25.5 Å². The number of nitrogens with zero attached hydrogens (tertiary/aromatic N) is 1. The number of nitrogens with one attached hydrogen (secondary N) is 1. The molecule has 118 valence electrons. The van der Waals surface area contributed by atoms with Crippen molar-refractivity contribution in [1.82, 2.24) is 9.55 Å². The van der Waals surface area contributed by atoms with Crippen LogP contribution in [-0.2, 0) is 11.3 Å². The lowest BCUT2D eigenvalue weighted by atomic mass is 10.2. The number of fused-ring (bicyclic) bond motifs is 1. The lowest BCUT2D eigenvalue weighted by Gasteiger charge is -2.13. The zero-order chi connectivity index (χ0) is 15.7. The summed E-state index contributed by atoms with van der Waals surface area (Å²) in [6.45, 7) is 0.939. The molecule has 7 nitrogen and oxygen atoms in total. The Kier molecular flexibility index (Phi) is 3.89. The van der Waals surface area contributed by atoms with E-state index >= 15 is 0 Å². The van der Waals surface area contributed by atoms with Gasteiger partial charge in [-0.25, -0.2) is 4.79 Å². The second kappa shape index (κ2) is 5.84. The van der Waals surface area contributed by atoms with Crippen LogP contribution in [0, 0.1) is 0 Å². The van der Waals surface area contributed by atoms with E-state index in [0.29, 0.717) is 29.0 Å². The van der Waals surface area contributed by atoms with Crippen molar-refractivity contribution in [3.63, 3.8) is 0 Å². The van der Waals surface area contributed by atoms with Crippen LogP contribution in [0.4, 0.5) is 0 Å². The molecule has 1 aromatic heterocycles. The Morgan fingerprint density at radius 3 is 2.64 bits per heavy atom. The first kappa shape index (κ1) is 14.6. The van der Waals surface area contributed by atoms with Gasteiger partial charge < -0.3 is 19.2 Å². The fourth-order valence-electron chi connectivity index (χ4n) is 2.74. The standard InChI is InChI=1S/C15H18N2O5/c1-20-12-6-10-11(7-13(12)21-2)16-15(19)17(14(10)18)8-9-4-3-5-22-9/h6-7,9H,3-5,8H2,1-2H3,(H,16,19). The highest BCUT2D eigenvalue weighted by Gasteiger charge is 2.19. The minimum atomic E-state index is -0.444. The van der Waals surface area contributed by atoms with E-state index in [1.165, 1.54) is 18.8 Å². The van der Waals surface area contributed by atoms with Gasteiger partial charge in [0.2, 0.25) is 0 Å². The van der Waals surface area contributed by atoms with E-state index in [1.54, 1.807) is 12.1 Å². The number of hydrogen-bond acceptors (Lipinski definition) is 5. The molecule has 1 aliphatic rings. The van der Waals surface area contributed by atoms with Gasteiger partial charge in [-0.15, -0.1) is 0 Å². The Balaban J connectivity index is 2.14. The molecule has 0 saturated carbocycles. The molecular formula is C15H18N2O5. The Labute approximate surface area is 126 Å². The third-order valence-corrected chi connectivity index (χ3v) is 3.90. The number of hydrogen-bond donors (Lipinski definition) is 1. The minimum Gasteiger partial charge on any atom is -0.493 e. The summed E-state index contributed by atoms with van der Waals surface area (Å²) < 4.78 is 17.1. The molecule has 22 heavy (non-hydrogen) atoms. The Morgan fingerprint density at radius 2 is 2.00 bits per heavy atom. The second-order valence-corrected chi connectivity index (χ2v) is 5.23. The first-order valence-electron chi connectivity index (χ1n) is 7.14. The van der Waals surface area contributed by atoms with Gasteiger partial charge >= 0.3 is 5.69 Å². The predicted octanol–water partition coefficient (Wildman–Crippen LogP) is 0.886. The van der Waals surface area contributed by atoms with Crippen molar-refractivity contribution in [2.75, 3.05) is 20.8 Å². The fourth-order valence-corrected chi connectivity index (χ4v) is 2.74. The van der Waals surface area contributed by atoms with Crippen molar-refractivity contribution in [1.29, 1.82) is 0 Å². The summed E-state index contributed by atoms with van der Waals surface area (Å²) in [7, 11) is 3.00. The quantitative estimate of drug-likeness (QED) is 0.907. The number of benzene rings is 1. The number of ether oxygens (including phenoxy) is 3. The topological polar surface area (TPSA) is 82.5 Å². The highest BCUT2D eigenvalue weighted by molar-refractivity contribution is 5.81. The van der Waals surface area contributed by atoms with Crippen molar-refractivity contribution in [3.8, 4) is 11.5 Å². The summed E-state index contributed by atoms with van der Waals surface area (Å²) in [6, 6.07) is 3.17. The largest absolute Gasteiger partial charge is 0.493 e. The Hall–Kier alpha value is -2.28. The molecule has 0 spiro atoms. The molecule has 3 rings (SSSR count). The first-order valence-corrected chi connectivity index (χ1v) is 7.14. The van der Waals surface area contributed by atoms with Crippen LogP contribution in [-0.4, -0.2) is 36.5 Å². The molecule has 1 fully saturated rings. The number of aromatic nitrogens is 2. The summed E-state index contributed by atoms with van der Waals surface area (Å²) in [4.78, 5) is 27.5. The van der Waals surface area contributed by atoms with Gasteiger partial charge in [-0.3, -0.25) is 9.36 Å². The number of rotatable bonds is 4. The number of aromatic amines is 1. The molecule has 2 heterocycles. The first-order chi connectivity index (χ1) is 10.6. The van der Waals surface area contributed by atoms with Gasteiger partial charge in [0.1, 0.15) is 0 Å². The van der Waals surface area contributed by atoms with Gasteiger partial charge in [-0.1, -0.05) is 0 Å². The zero-order valence-corrected chi connectivity index (χ0v) is 12.5. The normalized spacial score (nSPS) is 17.8. The molecule has 1 aromatic carbocycles. The molecule has 2 aromatic rings. The Morgan fingerprint density at radius 1 is 1.27 bits per heavy atom. The average Bonchev–Trinajstić information content (AvgIpc) is 3.03. The van der Waals surface area contributed by atoms with E-state index < -0.39 is 5.69 Å². The zero-order valence-electron chi connectivity index (χ0n) is 12.5. The summed E-state index contributed by atoms with van der Waals surface area (Å²) in [5.41, 5.74) is -0.369. The van der Waals surface area contributed by atoms with Crippen LogP contribution in [0.5, 0.6) is 11.5 Å². The van der Waals surface area contributed by atoms with Gasteiger partial charge in [0, 0.05) is 12.7 Å². The third-order valence-electron chi connectivity index (χ3n) is 3.90. The predicted molar refractivity (Wildman–Crippen MR) is 80.9 cm³/mol. The van der Waals surface area contributed by atoms with Crippen LogP contribution in [0.25, 0.3) is 10.9 Å². The molecule has 7 heteroatoms. The molecule has 0 amide bonds. The van der Waals surface area contributed by atoms with Crippen molar-refractivity contribution < 1.29 is 14.2 Å². The highest BCUT2D eigenvalue weighted by atomic mass is 16.5. The van der Waals surface area contributed by atoms with Crippen LogP contribution in [0.3, 0.4) is 0 Å². The van der Waals surface area contributed by atoms with Gasteiger partial charge in [-0.05, 0) is 18.9 Å². The smallest absolute Gasteiger partial charge is 0.328 e. The van der Waals surface area contributed by atoms with E-state index in [1.807, 2.05) is 0 Å². The van der Waals surface area contributed by atoms with Crippen LogP contribution in [0.2, 0.25) is 0 Å². The number of H-pyrrole nitrogens is 1. The van der Waals surface area contributed by atoms with Crippen LogP contribution in [0.1, 0.15) is 12.8 Å². The maximum absolute atomic E-state index is 12.6. The summed E-state index contributed by atoms with van der Waals surface area (Å²) >= 11 is 0. The highest BCUT2D eigenvalue weighted by Crippen LogP contribution is 2.29. The Bertz CT molecular complexity index is 802. The van der Waals surface area contributed by atoms with Crippen molar-refractivity contribution in [2.24, 2.45) is 0 Å². The molecule has 1 aliphatic heterocycles. The monoisotopic (exact) mass is 306 g/mol. The molecular weight excluding hydrogens is 288 g/mol. The second-order valence-electron chi connectivity index (χ2n) is 5.23. The SMILES string of the molecule is COc1cc2[nH]c(=O)n(CC3CCCO3)c(=O)c2cc1OC. The van der Waals surface area contributed by atoms with E-state index in [-0.39, 0.29) is 18.2 Å². The molecule has 1 saturated heterocycles. The van der Waals surface area contributed by atoms with Crippen molar-refractivity contribution in [3.05, 3.63) is 33.0 Å². The molecule has 0 bridgehead atoms. The summed E-state index contributed by atoms with van der Waals surface area (Å²) in [5.74, 6) is 0.907. The third kappa shape index (κ3) is 2.48. The van der Waals surface area contributed by atoms with Gasteiger partial charge in [0.25, 0.3) is 5.56 Å². The van der Waals surface area contributed by atoms with Gasteiger partial charge in [0.15, 0.2) is 11.5 Å². The lowest BCUT2D eigenvalue weighted by Crippen LogP contribution is -2.38. The average molecular weight is 306 g/mol. The van der Waals surface area contributed by atoms with Crippen LogP contribution in [0.15, 0.2) is 21.7 Å². The maximum atomic E-state index is 12.6. The van der Waals surface area contributed by atoms with E-state index in [0.717, 1.165) is 12.8 Å². The van der Waals surface area contributed by atoms with E-state index in [9.17, 15) is 9.59 Å². The minimum absolute atomic E-state index is 0.0867. The molecule has 1 unspecified atom stereocenters. The molecule has 1 atom stereocenters. The summed E-state index contributed by atoms with van der Waals surface area (Å²) in [5, 5.41) is 0.384. The molecule has 0 radical (unpaired) electrons. The molecule has 1 N–H and O–H groups in total. The number of methoxy groups -OCH3 is 2. The maximum Gasteiger partial charge on any atom is 0.328 e.